The molecule has 0 aromatic carbocycles. The van der Waals surface area contributed by atoms with Crippen molar-refractivity contribution in [1.82, 2.24) is 10.3 Å². The number of hydrogen-bond donors (Lipinski definition) is 1. The van der Waals surface area contributed by atoms with Crippen LogP contribution < -0.4 is 5.32 Å². The van der Waals surface area contributed by atoms with E-state index >= 15 is 0 Å². The normalized spacial score (nSPS) is 21.4. The number of nitrogens with one attached hydrogen (secondary N) is 1. The second kappa shape index (κ2) is 3.92. The van der Waals surface area contributed by atoms with Gasteiger partial charge in [-0.3, -0.25) is 4.79 Å². The van der Waals surface area contributed by atoms with E-state index in [-0.39, 0.29) is 5.78 Å². The van der Waals surface area contributed by atoms with Gasteiger partial charge in [0.15, 0.2) is 5.89 Å². The van der Waals surface area contributed by atoms with Crippen molar-refractivity contribution < 1.29 is 9.21 Å². The Morgan fingerprint density at radius 3 is 3.29 bits per heavy atom. The molecule has 1 saturated heterocycles. The van der Waals surface area contributed by atoms with Gasteiger partial charge in [-0.05, 0) is 19.9 Å². The monoisotopic (exact) mass is 194 g/mol. The van der Waals surface area contributed by atoms with E-state index in [9.17, 15) is 4.79 Å². The molecule has 0 amide bonds. The lowest BCUT2D eigenvalue weighted by Gasteiger charge is -1.99. The van der Waals surface area contributed by atoms with Crippen molar-refractivity contribution >= 4 is 5.78 Å². The van der Waals surface area contributed by atoms with Crippen LogP contribution >= 0.6 is 0 Å². The van der Waals surface area contributed by atoms with Crippen LogP contribution in [0, 0.1) is 0 Å². The average Bonchev–Trinajstić information content (AvgIpc) is 2.69. The zero-order valence-electron chi connectivity index (χ0n) is 8.25. The third-order valence-electron chi connectivity index (χ3n) is 2.41. The molecule has 4 nitrogen and oxygen atoms in total. The number of hydrogen-bond acceptors (Lipinski definition) is 4. The van der Waals surface area contributed by atoms with E-state index in [0.29, 0.717) is 12.3 Å². The first-order valence-corrected chi connectivity index (χ1v) is 4.90. The second-order valence-corrected chi connectivity index (χ2v) is 3.75. The highest BCUT2D eigenvalue weighted by molar-refractivity contribution is 5.77. The average molecular weight is 194 g/mol. The van der Waals surface area contributed by atoms with Crippen molar-refractivity contribution in [1.29, 1.82) is 0 Å². The first kappa shape index (κ1) is 9.40. The van der Waals surface area contributed by atoms with Gasteiger partial charge in [-0.15, -0.1) is 0 Å². The molecule has 1 aliphatic heterocycles. The minimum Gasteiger partial charge on any atom is -0.448 e. The number of nitrogens with zero attached hydrogens (tertiary/aromatic N) is 1. The molecule has 76 valence electrons. The van der Waals surface area contributed by atoms with Gasteiger partial charge in [-0.2, -0.15) is 0 Å². The molecule has 4 heteroatoms. The molecule has 14 heavy (non-hydrogen) atoms. The van der Waals surface area contributed by atoms with Gasteiger partial charge in [0.25, 0.3) is 0 Å². The van der Waals surface area contributed by atoms with Gasteiger partial charge < -0.3 is 9.73 Å². The Hall–Kier alpha value is -1.16. The van der Waals surface area contributed by atoms with Gasteiger partial charge in [0.2, 0.25) is 0 Å². The van der Waals surface area contributed by atoms with Crippen LogP contribution in [0.2, 0.25) is 0 Å². The first-order valence-electron chi connectivity index (χ1n) is 4.90. The van der Waals surface area contributed by atoms with E-state index in [1.54, 1.807) is 13.2 Å². The maximum Gasteiger partial charge on any atom is 0.198 e. The molecule has 0 spiro atoms. The lowest BCUT2D eigenvalue weighted by Crippen LogP contribution is -2.08. The Morgan fingerprint density at radius 2 is 2.64 bits per heavy atom. The Kier molecular flexibility index (Phi) is 2.63. The summed E-state index contributed by atoms with van der Waals surface area (Å²) >= 11 is 0. The van der Waals surface area contributed by atoms with Crippen molar-refractivity contribution in [3.8, 4) is 0 Å². The number of rotatable bonds is 3. The molecule has 1 aromatic heterocycles. The smallest absolute Gasteiger partial charge is 0.198 e. The molecule has 1 unspecified atom stereocenters. The minimum atomic E-state index is 0.120. The van der Waals surface area contributed by atoms with Crippen LogP contribution in [0.1, 0.15) is 30.8 Å². The third kappa shape index (κ3) is 2.01. The summed E-state index contributed by atoms with van der Waals surface area (Å²) in [5.74, 6) is 1.27. The lowest BCUT2D eigenvalue weighted by atomic mass is 10.1. The van der Waals surface area contributed by atoms with Crippen LogP contribution in [0.25, 0.3) is 0 Å². The molecule has 2 rings (SSSR count). The van der Waals surface area contributed by atoms with Crippen molar-refractivity contribution in [3.05, 3.63) is 17.8 Å². The standard InChI is InChI=1S/C10H14N2O2/c1-7(13)4-9-6-14-10(12-9)8-2-3-11-5-8/h6,8,11H,2-5H2,1H3. The summed E-state index contributed by atoms with van der Waals surface area (Å²) in [5, 5.41) is 3.25. The lowest BCUT2D eigenvalue weighted by molar-refractivity contribution is -0.116. The number of carbonyl (C=O) groups excluding carboxylic acids is 1. The fourth-order valence-corrected chi connectivity index (χ4v) is 1.71. The van der Waals surface area contributed by atoms with E-state index in [1.807, 2.05) is 0 Å². The Morgan fingerprint density at radius 1 is 1.79 bits per heavy atom. The van der Waals surface area contributed by atoms with E-state index in [0.717, 1.165) is 31.1 Å². The predicted molar refractivity (Wildman–Crippen MR) is 51.1 cm³/mol. The zero-order valence-corrected chi connectivity index (χ0v) is 8.25. The highest BCUT2D eigenvalue weighted by Gasteiger charge is 2.21. The topological polar surface area (TPSA) is 55.1 Å². The van der Waals surface area contributed by atoms with E-state index < -0.39 is 0 Å². The molecule has 1 aliphatic rings. The summed E-state index contributed by atoms with van der Waals surface area (Å²) in [6, 6.07) is 0. The number of carbonyl (C=O) groups is 1. The maximum absolute atomic E-state index is 10.8. The molecule has 0 radical (unpaired) electrons. The third-order valence-corrected chi connectivity index (χ3v) is 2.41. The summed E-state index contributed by atoms with van der Waals surface area (Å²) in [7, 11) is 0. The van der Waals surface area contributed by atoms with Gasteiger partial charge in [0.1, 0.15) is 12.0 Å². The van der Waals surface area contributed by atoms with Gasteiger partial charge in [-0.1, -0.05) is 0 Å². The fraction of sp³-hybridized carbons (Fsp3) is 0.600. The quantitative estimate of drug-likeness (QED) is 0.776. The molecule has 0 bridgehead atoms. The number of aromatic nitrogens is 1. The molecule has 2 heterocycles. The largest absolute Gasteiger partial charge is 0.448 e. The van der Waals surface area contributed by atoms with Crippen molar-refractivity contribution in [3.63, 3.8) is 0 Å². The molecule has 1 aromatic rings. The molecule has 0 aliphatic carbocycles. The van der Waals surface area contributed by atoms with E-state index in [4.69, 9.17) is 4.42 Å². The zero-order chi connectivity index (χ0) is 9.97. The molecular formula is C10H14N2O2. The molecule has 1 atom stereocenters. The van der Waals surface area contributed by atoms with Gasteiger partial charge >= 0.3 is 0 Å². The van der Waals surface area contributed by atoms with Crippen LogP contribution in [-0.2, 0) is 11.2 Å². The number of ketones is 1. The van der Waals surface area contributed by atoms with Gasteiger partial charge in [-0.25, -0.2) is 4.98 Å². The van der Waals surface area contributed by atoms with Crippen LogP contribution in [0.15, 0.2) is 10.7 Å². The van der Waals surface area contributed by atoms with Crippen molar-refractivity contribution in [2.75, 3.05) is 13.1 Å². The Balaban J connectivity index is 2.05. The summed E-state index contributed by atoms with van der Waals surface area (Å²) in [6.45, 7) is 3.51. The maximum atomic E-state index is 10.8. The van der Waals surface area contributed by atoms with Crippen LogP contribution in [-0.4, -0.2) is 23.9 Å². The molecular weight excluding hydrogens is 180 g/mol. The summed E-state index contributed by atoms with van der Waals surface area (Å²) < 4.78 is 5.35. The second-order valence-electron chi connectivity index (χ2n) is 3.75. The van der Waals surface area contributed by atoms with E-state index in [1.165, 1.54) is 0 Å². The van der Waals surface area contributed by atoms with Crippen molar-refractivity contribution in [2.45, 2.75) is 25.7 Å². The number of Topliss-reactive ketones (excluding diaryl/α,β-unsaturated/α-hetero) is 1. The number of oxazole rings is 1. The highest BCUT2D eigenvalue weighted by atomic mass is 16.3. The summed E-state index contributed by atoms with van der Waals surface area (Å²) in [4.78, 5) is 15.2. The van der Waals surface area contributed by atoms with Crippen molar-refractivity contribution in [2.24, 2.45) is 0 Å². The van der Waals surface area contributed by atoms with Gasteiger partial charge in [0.05, 0.1) is 12.1 Å². The minimum absolute atomic E-state index is 0.120. The van der Waals surface area contributed by atoms with Crippen LogP contribution in [0.5, 0.6) is 0 Å². The summed E-state index contributed by atoms with van der Waals surface area (Å²) in [6.07, 6.45) is 3.04. The predicted octanol–water partition coefficient (Wildman–Crippen LogP) is 0.883. The first-order chi connectivity index (χ1) is 6.75. The molecule has 1 N–H and O–H groups in total. The SMILES string of the molecule is CC(=O)Cc1coc(C2CCNC2)n1. The Labute approximate surface area is 82.7 Å². The van der Waals surface area contributed by atoms with Gasteiger partial charge in [0, 0.05) is 12.5 Å². The highest BCUT2D eigenvalue weighted by Crippen LogP contribution is 2.21. The van der Waals surface area contributed by atoms with Crippen LogP contribution in [0.3, 0.4) is 0 Å². The summed E-state index contributed by atoms with van der Waals surface area (Å²) in [5.41, 5.74) is 0.749. The molecule has 1 fully saturated rings. The molecule has 0 saturated carbocycles. The fourth-order valence-electron chi connectivity index (χ4n) is 1.71. The van der Waals surface area contributed by atoms with E-state index in [2.05, 4.69) is 10.3 Å². The van der Waals surface area contributed by atoms with Crippen LogP contribution in [0.4, 0.5) is 0 Å². The Bertz CT molecular complexity index is 327.